The van der Waals surface area contributed by atoms with Gasteiger partial charge in [-0.05, 0) is 29.6 Å². The number of thiophene rings is 1. The van der Waals surface area contributed by atoms with Gasteiger partial charge in [-0.25, -0.2) is 0 Å². The average molecular weight is 273 g/mol. The van der Waals surface area contributed by atoms with Gasteiger partial charge in [0.2, 0.25) is 0 Å². The highest BCUT2D eigenvalue weighted by atomic mass is 32.1. The first-order valence-corrected chi connectivity index (χ1v) is 6.26. The quantitative estimate of drug-likeness (QED) is 0.841. The Labute approximate surface area is 114 Å². The van der Waals surface area contributed by atoms with Crippen LogP contribution in [0.3, 0.4) is 0 Å². The molecular formula is C13H11N3O2S. The summed E-state index contributed by atoms with van der Waals surface area (Å²) in [5.74, 6) is 0.0739. The maximum atomic E-state index is 12.2. The minimum Gasteiger partial charge on any atom is -0.496 e. The number of hydrogen-bond acceptors (Lipinski definition) is 5. The SMILES string of the molecule is COc1ccc(N)cc1C(=O)Nc1sccc1C#N. The monoisotopic (exact) mass is 273 g/mol. The topological polar surface area (TPSA) is 88.1 Å². The van der Waals surface area contributed by atoms with Gasteiger partial charge in [0, 0.05) is 5.69 Å². The van der Waals surface area contributed by atoms with Crippen LogP contribution in [0.15, 0.2) is 29.6 Å². The van der Waals surface area contributed by atoms with E-state index in [-0.39, 0.29) is 5.91 Å². The zero-order valence-corrected chi connectivity index (χ0v) is 11.0. The number of carbonyl (C=O) groups is 1. The second-order valence-electron chi connectivity index (χ2n) is 3.69. The van der Waals surface area contributed by atoms with E-state index in [0.717, 1.165) is 0 Å². The second-order valence-corrected chi connectivity index (χ2v) is 4.61. The molecule has 0 fully saturated rings. The fourth-order valence-corrected chi connectivity index (χ4v) is 2.30. The minimum atomic E-state index is -0.358. The van der Waals surface area contributed by atoms with Gasteiger partial charge in [-0.1, -0.05) is 0 Å². The van der Waals surface area contributed by atoms with Crippen LogP contribution >= 0.6 is 11.3 Å². The summed E-state index contributed by atoms with van der Waals surface area (Å²) in [5.41, 5.74) is 6.90. The molecule has 2 rings (SSSR count). The van der Waals surface area contributed by atoms with E-state index >= 15 is 0 Å². The summed E-state index contributed by atoms with van der Waals surface area (Å²) in [4.78, 5) is 12.2. The molecule has 1 amide bonds. The van der Waals surface area contributed by atoms with E-state index in [2.05, 4.69) is 5.32 Å². The largest absolute Gasteiger partial charge is 0.496 e. The van der Waals surface area contributed by atoms with Crippen LogP contribution in [-0.2, 0) is 0 Å². The lowest BCUT2D eigenvalue weighted by Crippen LogP contribution is -2.13. The van der Waals surface area contributed by atoms with Crippen LogP contribution in [0.1, 0.15) is 15.9 Å². The summed E-state index contributed by atoms with van der Waals surface area (Å²) < 4.78 is 5.12. The van der Waals surface area contributed by atoms with Gasteiger partial charge in [-0.15, -0.1) is 11.3 Å². The van der Waals surface area contributed by atoms with Crippen molar-refractivity contribution in [2.45, 2.75) is 0 Å². The van der Waals surface area contributed by atoms with E-state index in [4.69, 9.17) is 15.7 Å². The third kappa shape index (κ3) is 2.67. The highest BCUT2D eigenvalue weighted by Gasteiger charge is 2.15. The molecule has 0 aliphatic rings. The maximum absolute atomic E-state index is 12.2. The number of hydrogen-bond donors (Lipinski definition) is 2. The Morgan fingerprint density at radius 2 is 2.26 bits per heavy atom. The molecule has 0 unspecified atom stereocenters. The molecule has 2 aromatic rings. The summed E-state index contributed by atoms with van der Waals surface area (Å²) in [5, 5.41) is 13.8. The maximum Gasteiger partial charge on any atom is 0.260 e. The van der Waals surface area contributed by atoms with Crippen LogP contribution in [0.25, 0.3) is 0 Å². The molecule has 6 heteroatoms. The van der Waals surface area contributed by atoms with Crippen LogP contribution in [0.2, 0.25) is 0 Å². The average Bonchev–Trinajstić information content (AvgIpc) is 2.85. The zero-order valence-electron chi connectivity index (χ0n) is 10.1. The van der Waals surface area contributed by atoms with Crippen molar-refractivity contribution in [1.82, 2.24) is 0 Å². The van der Waals surface area contributed by atoms with Gasteiger partial charge in [0.15, 0.2) is 0 Å². The lowest BCUT2D eigenvalue weighted by atomic mass is 10.1. The molecule has 0 atom stereocenters. The number of methoxy groups -OCH3 is 1. The molecule has 0 saturated heterocycles. The number of nitrogens with two attached hydrogens (primary N) is 1. The Balaban J connectivity index is 2.30. The number of ether oxygens (including phenoxy) is 1. The fraction of sp³-hybridized carbons (Fsp3) is 0.0769. The number of benzene rings is 1. The van der Waals surface area contributed by atoms with Gasteiger partial charge in [0.1, 0.15) is 16.8 Å². The predicted octanol–water partition coefficient (Wildman–Crippen LogP) is 2.46. The normalized spacial score (nSPS) is 9.68. The summed E-state index contributed by atoms with van der Waals surface area (Å²) in [6, 6.07) is 8.48. The highest BCUT2D eigenvalue weighted by molar-refractivity contribution is 7.14. The molecule has 0 spiro atoms. The third-order valence-electron chi connectivity index (χ3n) is 2.48. The van der Waals surface area contributed by atoms with Gasteiger partial charge in [-0.3, -0.25) is 4.79 Å². The Kier molecular flexibility index (Phi) is 3.68. The van der Waals surface area contributed by atoms with Crippen molar-refractivity contribution >= 4 is 27.9 Å². The van der Waals surface area contributed by atoms with Crippen molar-refractivity contribution in [2.75, 3.05) is 18.2 Å². The molecule has 0 radical (unpaired) electrons. The summed E-state index contributed by atoms with van der Waals surface area (Å²) in [6.07, 6.45) is 0. The first-order chi connectivity index (χ1) is 9.15. The molecule has 0 saturated carbocycles. The van der Waals surface area contributed by atoms with Crippen molar-refractivity contribution in [1.29, 1.82) is 5.26 Å². The molecule has 5 nitrogen and oxygen atoms in total. The zero-order chi connectivity index (χ0) is 13.8. The Bertz CT molecular complexity index is 658. The van der Waals surface area contributed by atoms with Gasteiger partial charge >= 0.3 is 0 Å². The molecular weight excluding hydrogens is 262 g/mol. The highest BCUT2D eigenvalue weighted by Crippen LogP contribution is 2.26. The minimum absolute atomic E-state index is 0.333. The van der Waals surface area contributed by atoms with Crippen LogP contribution in [0.4, 0.5) is 10.7 Å². The van der Waals surface area contributed by atoms with Gasteiger partial charge in [-0.2, -0.15) is 5.26 Å². The Morgan fingerprint density at radius 1 is 1.47 bits per heavy atom. The molecule has 1 heterocycles. The van der Waals surface area contributed by atoms with Crippen molar-refractivity contribution in [3.05, 3.63) is 40.8 Å². The molecule has 3 N–H and O–H groups in total. The molecule has 96 valence electrons. The van der Waals surface area contributed by atoms with Gasteiger partial charge in [0.25, 0.3) is 5.91 Å². The second kappa shape index (κ2) is 5.42. The van der Waals surface area contributed by atoms with Crippen LogP contribution in [-0.4, -0.2) is 13.0 Å². The lowest BCUT2D eigenvalue weighted by Gasteiger charge is -2.09. The molecule has 0 aliphatic carbocycles. The number of amides is 1. The third-order valence-corrected chi connectivity index (χ3v) is 3.31. The molecule has 0 aliphatic heterocycles. The first kappa shape index (κ1) is 12.9. The standard InChI is InChI=1S/C13H11N3O2S/c1-18-11-3-2-9(15)6-10(11)12(17)16-13-8(7-14)4-5-19-13/h2-6H,15H2,1H3,(H,16,17). The van der Waals surface area contributed by atoms with Crippen LogP contribution in [0.5, 0.6) is 5.75 Å². The Morgan fingerprint density at radius 3 is 2.95 bits per heavy atom. The summed E-state index contributed by atoms with van der Waals surface area (Å²) >= 11 is 1.29. The van der Waals surface area contributed by atoms with Gasteiger partial charge < -0.3 is 15.8 Å². The number of anilines is 2. The molecule has 19 heavy (non-hydrogen) atoms. The number of nitriles is 1. The first-order valence-electron chi connectivity index (χ1n) is 5.38. The number of nitrogen functional groups attached to an aromatic ring is 1. The molecule has 1 aromatic heterocycles. The summed E-state index contributed by atoms with van der Waals surface area (Å²) in [6.45, 7) is 0. The lowest BCUT2D eigenvalue weighted by molar-refractivity contribution is 0.102. The van der Waals surface area contributed by atoms with Crippen molar-refractivity contribution < 1.29 is 9.53 Å². The van der Waals surface area contributed by atoms with E-state index in [1.54, 1.807) is 23.6 Å². The molecule has 0 bridgehead atoms. The number of rotatable bonds is 3. The summed E-state index contributed by atoms with van der Waals surface area (Å²) in [7, 11) is 1.48. The van der Waals surface area contributed by atoms with Crippen molar-refractivity contribution in [3.63, 3.8) is 0 Å². The van der Waals surface area contributed by atoms with Crippen molar-refractivity contribution in [3.8, 4) is 11.8 Å². The van der Waals surface area contributed by atoms with Crippen LogP contribution < -0.4 is 15.8 Å². The smallest absolute Gasteiger partial charge is 0.260 e. The number of nitrogens with zero attached hydrogens (tertiary/aromatic N) is 1. The number of carbonyl (C=O) groups excluding carboxylic acids is 1. The van der Waals surface area contributed by atoms with E-state index in [0.29, 0.717) is 27.6 Å². The fourth-order valence-electron chi connectivity index (χ4n) is 1.57. The molecule has 1 aromatic carbocycles. The van der Waals surface area contributed by atoms with Crippen molar-refractivity contribution in [2.24, 2.45) is 0 Å². The predicted molar refractivity (Wildman–Crippen MR) is 74.4 cm³/mol. The number of nitrogens with one attached hydrogen (secondary N) is 1. The van der Waals surface area contributed by atoms with Crippen LogP contribution in [0, 0.1) is 11.3 Å². The van der Waals surface area contributed by atoms with Gasteiger partial charge in [0.05, 0.1) is 18.2 Å². The Hall–Kier alpha value is -2.52. The van der Waals surface area contributed by atoms with E-state index in [9.17, 15) is 4.79 Å². The van der Waals surface area contributed by atoms with E-state index in [1.807, 2.05) is 6.07 Å². The van der Waals surface area contributed by atoms with E-state index in [1.165, 1.54) is 24.5 Å². The van der Waals surface area contributed by atoms with E-state index < -0.39 is 0 Å².